The molecule has 0 bridgehead atoms. The average molecular weight is 459 g/mol. The SMILES string of the molecule is CC1OC(CC(=O)O)CC2=C1C(=O)c1c(O)ccc(C3CC(N(C)C)C(O)C(C)O3)c1C2=O. The molecule has 0 spiro atoms. The number of likely N-dealkylation sites (N-methyl/N-ethyl adjacent to an activating group) is 1. The summed E-state index contributed by atoms with van der Waals surface area (Å²) in [5, 5.41) is 30.3. The lowest BCUT2D eigenvalue weighted by molar-refractivity contribution is -0.142. The highest BCUT2D eigenvalue weighted by Gasteiger charge is 2.45. The molecule has 2 aliphatic heterocycles. The Morgan fingerprint density at radius 2 is 1.82 bits per heavy atom. The third-order valence-electron chi connectivity index (χ3n) is 6.87. The summed E-state index contributed by atoms with van der Waals surface area (Å²) in [6.45, 7) is 3.36. The topological polar surface area (TPSA) is 134 Å². The number of aliphatic hydroxyl groups excluding tert-OH is 1. The summed E-state index contributed by atoms with van der Waals surface area (Å²) >= 11 is 0. The van der Waals surface area contributed by atoms with E-state index < -0.39 is 48.1 Å². The van der Waals surface area contributed by atoms with Crippen LogP contribution >= 0.6 is 0 Å². The number of carboxylic acids is 1. The minimum Gasteiger partial charge on any atom is -0.507 e. The van der Waals surface area contributed by atoms with Crippen LogP contribution in [0, 0.1) is 0 Å². The number of ether oxygens (including phenoxy) is 2. The first kappa shape index (κ1) is 23.6. The molecule has 6 atom stereocenters. The van der Waals surface area contributed by atoms with Crippen molar-refractivity contribution >= 4 is 17.5 Å². The van der Waals surface area contributed by atoms with Crippen LogP contribution in [-0.2, 0) is 14.3 Å². The molecule has 33 heavy (non-hydrogen) atoms. The van der Waals surface area contributed by atoms with Crippen molar-refractivity contribution in [2.24, 2.45) is 0 Å². The average Bonchev–Trinajstić information content (AvgIpc) is 2.72. The smallest absolute Gasteiger partial charge is 0.305 e. The van der Waals surface area contributed by atoms with Crippen molar-refractivity contribution in [1.82, 2.24) is 4.90 Å². The number of hydrogen-bond donors (Lipinski definition) is 3. The first-order chi connectivity index (χ1) is 15.5. The fraction of sp³-hybridized carbons (Fsp3) is 0.542. The Balaban J connectivity index is 1.79. The van der Waals surface area contributed by atoms with Gasteiger partial charge in [0.05, 0.1) is 42.5 Å². The normalized spacial score (nSPS) is 32.1. The molecule has 9 heteroatoms. The van der Waals surface area contributed by atoms with Crippen LogP contribution in [0.25, 0.3) is 0 Å². The minimum absolute atomic E-state index is 0.00600. The van der Waals surface area contributed by atoms with E-state index in [9.17, 15) is 24.6 Å². The Hall–Kier alpha value is -2.59. The van der Waals surface area contributed by atoms with Crippen molar-refractivity contribution in [2.45, 2.75) is 69.7 Å². The molecule has 1 aliphatic carbocycles. The lowest BCUT2D eigenvalue weighted by Gasteiger charge is -2.42. The number of carboxylic acid groups (broad SMARTS) is 1. The summed E-state index contributed by atoms with van der Waals surface area (Å²) < 4.78 is 11.7. The Bertz CT molecular complexity index is 1050. The van der Waals surface area contributed by atoms with E-state index in [0.29, 0.717) is 12.0 Å². The summed E-state index contributed by atoms with van der Waals surface area (Å²) in [5.74, 6) is -2.26. The van der Waals surface area contributed by atoms with Crippen LogP contribution in [-0.4, -0.2) is 82.3 Å². The van der Waals surface area contributed by atoms with Crippen LogP contribution in [0.3, 0.4) is 0 Å². The van der Waals surface area contributed by atoms with Gasteiger partial charge in [-0.25, -0.2) is 0 Å². The van der Waals surface area contributed by atoms with Crippen molar-refractivity contribution in [2.75, 3.05) is 14.1 Å². The molecule has 3 aliphatic rings. The summed E-state index contributed by atoms with van der Waals surface area (Å²) in [6.07, 6.45) is -3.18. The monoisotopic (exact) mass is 459 g/mol. The molecule has 1 saturated heterocycles. The maximum absolute atomic E-state index is 13.7. The number of rotatable bonds is 4. The number of aromatic hydroxyl groups is 1. The number of aliphatic hydroxyl groups is 1. The predicted octanol–water partition coefficient (Wildman–Crippen LogP) is 1.86. The van der Waals surface area contributed by atoms with Gasteiger partial charge >= 0.3 is 5.97 Å². The van der Waals surface area contributed by atoms with E-state index >= 15 is 0 Å². The zero-order chi connectivity index (χ0) is 24.2. The van der Waals surface area contributed by atoms with Gasteiger partial charge in [-0.2, -0.15) is 0 Å². The second-order valence-corrected chi connectivity index (χ2v) is 9.26. The van der Waals surface area contributed by atoms with Gasteiger partial charge in [-0.15, -0.1) is 0 Å². The van der Waals surface area contributed by atoms with E-state index in [4.69, 9.17) is 14.6 Å². The van der Waals surface area contributed by atoms with Gasteiger partial charge in [0.1, 0.15) is 5.75 Å². The number of carbonyl (C=O) groups is 3. The minimum atomic E-state index is -1.05. The number of fused-ring (bicyclic) bond motifs is 1. The fourth-order valence-corrected chi connectivity index (χ4v) is 5.26. The molecular weight excluding hydrogens is 430 g/mol. The number of hydrogen-bond acceptors (Lipinski definition) is 8. The van der Waals surface area contributed by atoms with Crippen LogP contribution in [0.1, 0.15) is 65.5 Å². The first-order valence-electron chi connectivity index (χ1n) is 11.1. The summed E-state index contributed by atoms with van der Waals surface area (Å²) in [4.78, 5) is 40.2. The quantitative estimate of drug-likeness (QED) is 0.617. The molecular formula is C24H29NO8. The van der Waals surface area contributed by atoms with Gasteiger partial charge in [0.15, 0.2) is 11.6 Å². The third kappa shape index (κ3) is 3.99. The zero-order valence-corrected chi connectivity index (χ0v) is 19.1. The number of phenolic OH excluding ortho intramolecular Hbond substituents is 1. The van der Waals surface area contributed by atoms with E-state index in [1.807, 2.05) is 19.0 Å². The van der Waals surface area contributed by atoms with Gasteiger partial charge < -0.3 is 29.7 Å². The Morgan fingerprint density at radius 1 is 1.12 bits per heavy atom. The largest absolute Gasteiger partial charge is 0.507 e. The van der Waals surface area contributed by atoms with Crippen LogP contribution in [0.15, 0.2) is 23.3 Å². The second kappa shape index (κ2) is 8.64. The first-order valence-corrected chi connectivity index (χ1v) is 11.1. The maximum Gasteiger partial charge on any atom is 0.305 e. The van der Waals surface area contributed by atoms with E-state index in [0.717, 1.165) is 0 Å². The molecule has 1 fully saturated rings. The van der Waals surface area contributed by atoms with Gasteiger partial charge in [-0.05, 0) is 46.0 Å². The molecule has 2 heterocycles. The van der Waals surface area contributed by atoms with Gasteiger partial charge in [-0.3, -0.25) is 14.4 Å². The predicted molar refractivity (Wildman–Crippen MR) is 116 cm³/mol. The number of Topliss-reactive ketones (excluding diaryl/α,β-unsaturated/α-hetero) is 2. The Kier molecular flexibility index (Phi) is 6.17. The molecule has 178 valence electrons. The molecule has 0 saturated carbocycles. The lowest BCUT2D eigenvalue weighted by Crippen LogP contribution is -2.50. The summed E-state index contributed by atoms with van der Waals surface area (Å²) in [7, 11) is 3.71. The number of carbonyl (C=O) groups excluding carboxylic acids is 2. The molecule has 1 aromatic carbocycles. The van der Waals surface area contributed by atoms with E-state index in [1.54, 1.807) is 19.9 Å². The number of phenols is 1. The van der Waals surface area contributed by atoms with Crippen LogP contribution < -0.4 is 0 Å². The highest BCUT2D eigenvalue weighted by molar-refractivity contribution is 6.29. The number of aliphatic carboxylic acids is 1. The zero-order valence-electron chi connectivity index (χ0n) is 19.1. The van der Waals surface area contributed by atoms with Crippen molar-refractivity contribution < 1.29 is 39.2 Å². The molecule has 0 aromatic heterocycles. The standard InChI is InChI=1S/C24H29NO8/c1-10-19-14(7-12(32-10)8-18(27)28)23(30)20-13(5-6-16(26)21(20)24(19)31)17-9-15(25(3)4)22(29)11(2)33-17/h5-6,10-12,15,17,22,26,29H,7-9H2,1-4H3,(H,27,28). The fourth-order valence-electron chi connectivity index (χ4n) is 5.26. The van der Waals surface area contributed by atoms with Crippen molar-refractivity contribution in [3.8, 4) is 5.75 Å². The highest BCUT2D eigenvalue weighted by Crippen LogP contribution is 2.44. The molecule has 1 aromatic rings. The van der Waals surface area contributed by atoms with Crippen molar-refractivity contribution in [3.05, 3.63) is 40.0 Å². The van der Waals surface area contributed by atoms with Gasteiger partial charge in [-0.1, -0.05) is 6.07 Å². The van der Waals surface area contributed by atoms with Crippen molar-refractivity contribution in [3.63, 3.8) is 0 Å². The Morgan fingerprint density at radius 3 is 2.45 bits per heavy atom. The second-order valence-electron chi connectivity index (χ2n) is 9.26. The molecule has 6 unspecified atom stereocenters. The third-order valence-corrected chi connectivity index (χ3v) is 6.87. The van der Waals surface area contributed by atoms with Crippen LogP contribution in [0.5, 0.6) is 5.75 Å². The highest BCUT2D eigenvalue weighted by atomic mass is 16.5. The molecule has 0 radical (unpaired) electrons. The molecule has 9 nitrogen and oxygen atoms in total. The molecule has 3 N–H and O–H groups in total. The number of benzene rings is 1. The van der Waals surface area contributed by atoms with Gasteiger partial charge in [0.25, 0.3) is 0 Å². The molecule has 0 amide bonds. The van der Waals surface area contributed by atoms with Crippen LogP contribution in [0.2, 0.25) is 0 Å². The maximum atomic E-state index is 13.7. The van der Waals surface area contributed by atoms with E-state index in [1.165, 1.54) is 6.07 Å². The lowest BCUT2D eigenvalue weighted by atomic mass is 9.75. The summed E-state index contributed by atoms with van der Waals surface area (Å²) in [6, 6.07) is 2.75. The van der Waals surface area contributed by atoms with Gasteiger partial charge in [0, 0.05) is 29.2 Å². The van der Waals surface area contributed by atoms with Crippen LogP contribution in [0.4, 0.5) is 0 Å². The van der Waals surface area contributed by atoms with E-state index in [-0.39, 0.29) is 46.9 Å². The van der Waals surface area contributed by atoms with Crippen molar-refractivity contribution in [1.29, 1.82) is 0 Å². The number of ketones is 2. The number of nitrogens with zero attached hydrogens (tertiary/aromatic N) is 1. The molecule has 4 rings (SSSR count). The van der Waals surface area contributed by atoms with Gasteiger partial charge in [0.2, 0.25) is 0 Å². The van der Waals surface area contributed by atoms with E-state index in [2.05, 4.69) is 0 Å². The Labute approximate surface area is 191 Å². The summed E-state index contributed by atoms with van der Waals surface area (Å²) in [5.41, 5.74) is 0.894.